The molecule has 0 aliphatic heterocycles. The van der Waals surface area contributed by atoms with Gasteiger partial charge in [0.2, 0.25) is 0 Å². The number of carbonyl (C=O) groups excluding carboxylic acids is 9. The number of aromatic nitrogens is 3. The van der Waals surface area contributed by atoms with Crippen LogP contribution in [0.3, 0.4) is 0 Å². The molecule has 0 unspecified atom stereocenters. The number of hydrogen-bond acceptors (Lipinski definition) is 23. The molecule has 3 aliphatic carbocycles. The van der Waals surface area contributed by atoms with Crippen LogP contribution in [0, 0.1) is 104 Å². The van der Waals surface area contributed by atoms with Crippen molar-refractivity contribution < 1.29 is 116 Å². The molecule has 4 aromatic rings. The standard InChI is InChI=1S/C25H36O4.C23H32O4.C22H29N3O4.C18H30O4.C16H26O4.C15H26O4/c1-8-15-25(16-9-2,23(27)29-24(5,6)7)21(17-19(3)4)22(26)28-18-20-13-11-10-12-14-20;1-17(2)15-19(20(24)26-16-18-11-7-6-8-12-18)23(13-9-10-14-23)21(25)27-22(3,4)5;1-15(2)14-16(22(12-8-9-13-22)20(27)28-21(3,4)5)19(26)29-25-18-11-7-6-10-17(18)23-24-25;1-8-10-18(11-9-2,16(21)22-17(5,6)7)14(15(19)20)12-13(3)4;1-11(2)10-12(13(17)18)16(8-6-7-9-16)14(19)20-15(3,4)5;1-7-8-11(14(18)19-15(4,5)6)12(13(16)17)9-10(2)3/h8-14,19,21H,1-2,15-18H2,3-7H3;6-12,17,19H,13-16H2,1-5H3;6-11,15-16H,12-14H2,1-5H3;8-9,13-14H,1-2,10-12H2,3-7H3,(H,19,20);6-7,11-12H,8-10H2,1-5H3,(H,17,18);7,10-12H,1,8-9H2,2-6H3,(H,16,17)/t21-;19-;16-;14-;12-;11-,12-/m000001/s1. The van der Waals surface area contributed by atoms with E-state index in [4.69, 9.17) is 42.7 Å². The van der Waals surface area contributed by atoms with Gasteiger partial charge in [0.25, 0.3) is 0 Å². The number of allylic oxidation sites excluding steroid dienone is 11. The van der Waals surface area contributed by atoms with E-state index in [2.05, 4.69) is 57.1 Å². The lowest BCUT2D eigenvalue weighted by molar-refractivity contribution is -0.179. The molecule has 27 nitrogen and oxygen atoms in total. The van der Waals surface area contributed by atoms with Crippen LogP contribution >= 0.6 is 0 Å². The van der Waals surface area contributed by atoms with Crippen molar-refractivity contribution in [2.45, 2.75) is 364 Å². The number of para-hydroxylation sites is 1. The van der Waals surface area contributed by atoms with Crippen LogP contribution in [0.4, 0.5) is 0 Å². The highest BCUT2D eigenvalue weighted by molar-refractivity contribution is 5.90. The molecule has 0 saturated heterocycles. The Bertz CT molecular complexity index is 4940. The Balaban J connectivity index is 0.000000597. The highest BCUT2D eigenvalue weighted by Gasteiger charge is 2.57. The van der Waals surface area contributed by atoms with E-state index in [1.54, 1.807) is 105 Å². The third-order valence-corrected chi connectivity index (χ3v) is 24.4. The van der Waals surface area contributed by atoms with Crippen molar-refractivity contribution in [2.75, 3.05) is 0 Å². The Morgan fingerprint density at radius 2 is 0.651 bits per heavy atom. The van der Waals surface area contributed by atoms with Gasteiger partial charge in [-0.2, -0.15) is 0 Å². The molecule has 7 atom stereocenters. The number of carboxylic acid groups (broad SMARTS) is 3. The summed E-state index contributed by atoms with van der Waals surface area (Å²) in [4.78, 5) is 158. The molecule has 7 rings (SSSR count). The summed E-state index contributed by atoms with van der Waals surface area (Å²) in [6.07, 6.45) is 26.9. The lowest BCUT2D eigenvalue weighted by atomic mass is 9.67. The lowest BCUT2D eigenvalue weighted by Crippen LogP contribution is -2.47. The summed E-state index contributed by atoms with van der Waals surface area (Å²) in [5, 5.41) is 36.5. The zero-order chi connectivity index (χ0) is 112. The van der Waals surface area contributed by atoms with E-state index >= 15 is 0 Å². The zero-order valence-electron chi connectivity index (χ0n) is 93.7. The molecule has 0 spiro atoms. The van der Waals surface area contributed by atoms with Crippen LogP contribution in [0.2, 0.25) is 0 Å². The van der Waals surface area contributed by atoms with Crippen molar-refractivity contribution >= 4 is 82.7 Å². The highest BCUT2D eigenvalue weighted by atomic mass is 16.7. The van der Waals surface area contributed by atoms with Crippen molar-refractivity contribution in [3.05, 3.63) is 196 Å². The van der Waals surface area contributed by atoms with E-state index < -0.39 is 150 Å². The number of nitrogens with zero attached hydrogens (tertiary/aromatic N) is 3. The quantitative estimate of drug-likeness (QED) is 0.0160. The predicted octanol–water partition coefficient (Wildman–Crippen LogP) is 25.6. The maximum Gasteiger partial charge on any atom is 0.339 e. The summed E-state index contributed by atoms with van der Waals surface area (Å²) in [5.74, 6) is -10.0. The number of fused-ring (bicyclic) bond motifs is 1. The number of hydrogen-bond donors (Lipinski definition) is 3. The number of esters is 8. The Kier molecular flexibility index (Phi) is 52.8. The molecule has 0 fully saturated rings. The molecule has 814 valence electrons. The minimum atomic E-state index is -1.16. The maximum absolute atomic E-state index is 13.3. The third kappa shape index (κ3) is 43.2. The van der Waals surface area contributed by atoms with Gasteiger partial charge in [-0.1, -0.05) is 228 Å². The SMILES string of the molecule is C=CCC(CC=C)(C(=O)OC(C)(C)C)[C@@H](CC(C)C)C(=O)O.C=CCC(CC=C)(C(=O)OC(C)(C)C)[C@@H](CC(C)C)C(=O)OCc1ccccc1.C=CC[C@@H](C(=O)OC(C)(C)C)[C@@H](CC(C)C)C(=O)O.CC(C)C[C@@H](C(=O)O)C1(C(=O)OC(C)(C)C)CC=CC1.CC(C)C[C@@H](C(=O)OCc1ccccc1)C1(C(=O)OC(C)(C)C)CC=CC1.CC(C)C[C@@H](C(=O)On1nnc2ccccc21)C1(C(=O)OC(C)(C)C)CC=CC1. The first-order valence-corrected chi connectivity index (χ1v) is 51.5. The summed E-state index contributed by atoms with van der Waals surface area (Å²) in [6, 6.07) is 26.3. The van der Waals surface area contributed by atoms with Crippen molar-refractivity contribution in [1.82, 2.24) is 15.2 Å². The number of aliphatic carboxylic acids is 3. The van der Waals surface area contributed by atoms with Crippen LogP contribution in [0.25, 0.3) is 11.0 Å². The third-order valence-electron chi connectivity index (χ3n) is 24.4. The first-order valence-electron chi connectivity index (χ1n) is 51.5. The fraction of sp³-hybridized carbons (Fsp3) is 0.613. The summed E-state index contributed by atoms with van der Waals surface area (Å²) in [5.41, 5.74) is -5.75. The summed E-state index contributed by atoms with van der Waals surface area (Å²) in [7, 11) is 0. The van der Waals surface area contributed by atoms with E-state index in [0.29, 0.717) is 107 Å². The average molecular weight is 2040 g/mol. The molecule has 3 N–H and O–H groups in total. The number of carbonyl (C=O) groups is 12. The Morgan fingerprint density at radius 3 is 0.966 bits per heavy atom. The Labute approximate surface area is 872 Å². The minimum absolute atomic E-state index is 0.151. The normalized spacial score (nSPS) is 15.6. The van der Waals surface area contributed by atoms with Gasteiger partial charge in [-0.15, -0.1) is 38.0 Å². The second kappa shape index (κ2) is 59.0. The Hall–Kier alpha value is -11.4. The molecule has 3 aliphatic rings. The number of rotatable bonds is 45. The summed E-state index contributed by atoms with van der Waals surface area (Å²) in [6.45, 7) is 75.5. The minimum Gasteiger partial charge on any atom is -0.481 e. The van der Waals surface area contributed by atoms with Gasteiger partial charge in [-0.3, -0.25) is 52.7 Å². The van der Waals surface area contributed by atoms with Crippen LogP contribution in [0.1, 0.15) is 328 Å². The molecule has 0 saturated carbocycles. The Morgan fingerprint density at radius 1 is 0.342 bits per heavy atom. The molecule has 1 aromatic heterocycles. The van der Waals surface area contributed by atoms with E-state index in [0.717, 1.165) is 16.0 Å². The second-order valence-corrected chi connectivity index (χ2v) is 47.3. The molecule has 146 heavy (non-hydrogen) atoms. The monoisotopic (exact) mass is 2030 g/mol. The van der Waals surface area contributed by atoms with Gasteiger partial charge in [0, 0.05) is 0 Å². The summed E-state index contributed by atoms with van der Waals surface area (Å²) < 4.78 is 44.8. The van der Waals surface area contributed by atoms with Gasteiger partial charge >= 0.3 is 71.6 Å². The predicted molar refractivity (Wildman–Crippen MR) is 572 cm³/mol. The van der Waals surface area contributed by atoms with Crippen LogP contribution in [0.15, 0.2) is 185 Å². The fourth-order valence-electron chi connectivity index (χ4n) is 17.8. The van der Waals surface area contributed by atoms with Gasteiger partial charge < -0.3 is 58.1 Å². The van der Waals surface area contributed by atoms with E-state index in [-0.39, 0.29) is 85.4 Å². The molecule has 0 amide bonds. The van der Waals surface area contributed by atoms with Crippen molar-refractivity contribution in [3.8, 4) is 0 Å². The average Bonchev–Trinajstić information content (AvgIpc) is 1.51. The molecular formula is C119H179N3O24. The van der Waals surface area contributed by atoms with E-state index in [1.807, 2.05) is 241 Å². The molecule has 0 bridgehead atoms. The van der Waals surface area contributed by atoms with Gasteiger partial charge in [0.15, 0.2) is 0 Å². The first kappa shape index (κ1) is 131. The molecular weight excluding hydrogens is 1860 g/mol. The highest BCUT2D eigenvalue weighted by Crippen LogP contribution is 2.51. The summed E-state index contributed by atoms with van der Waals surface area (Å²) >= 11 is 0. The topological polar surface area (TPSA) is 379 Å². The van der Waals surface area contributed by atoms with E-state index in [9.17, 15) is 72.9 Å². The molecule has 0 radical (unpaired) electrons. The van der Waals surface area contributed by atoms with Crippen molar-refractivity contribution in [3.63, 3.8) is 0 Å². The van der Waals surface area contributed by atoms with Crippen molar-refractivity contribution in [1.29, 1.82) is 0 Å². The zero-order valence-corrected chi connectivity index (χ0v) is 93.7. The number of ether oxygens (including phenoxy) is 8. The van der Waals surface area contributed by atoms with Crippen LogP contribution in [-0.2, 0) is 109 Å². The smallest absolute Gasteiger partial charge is 0.339 e. The van der Waals surface area contributed by atoms with Gasteiger partial charge in [-0.25, -0.2) is 4.79 Å². The van der Waals surface area contributed by atoms with Crippen LogP contribution in [0.5, 0.6) is 0 Å². The molecule has 1 heterocycles. The van der Waals surface area contributed by atoms with Gasteiger partial charge in [0.1, 0.15) is 57.9 Å². The van der Waals surface area contributed by atoms with Gasteiger partial charge in [-0.05, 0) is 298 Å². The second-order valence-electron chi connectivity index (χ2n) is 47.3. The molecule has 27 heteroatoms. The van der Waals surface area contributed by atoms with Crippen LogP contribution < -0.4 is 4.84 Å². The van der Waals surface area contributed by atoms with Crippen molar-refractivity contribution in [2.24, 2.45) is 104 Å². The first-order chi connectivity index (χ1) is 67.5. The molecule has 3 aromatic carbocycles. The van der Waals surface area contributed by atoms with Gasteiger partial charge in [0.05, 0.1) is 68.5 Å². The fourth-order valence-corrected chi connectivity index (χ4v) is 17.8. The largest absolute Gasteiger partial charge is 0.481 e. The lowest BCUT2D eigenvalue weighted by Gasteiger charge is -2.38. The number of carboxylic acids is 3. The van der Waals surface area contributed by atoms with E-state index in [1.165, 1.54) is 0 Å². The maximum atomic E-state index is 13.3. The van der Waals surface area contributed by atoms with Crippen LogP contribution in [-0.4, -0.2) is 136 Å². The number of benzene rings is 3.